The number of amides is 1. The third-order valence-corrected chi connectivity index (χ3v) is 4.91. The van der Waals surface area contributed by atoms with Gasteiger partial charge in [0.05, 0.1) is 33.9 Å². The smallest absolute Gasteiger partial charge is 0.325 e. The average Bonchev–Trinajstić information content (AvgIpc) is 3.04. The van der Waals surface area contributed by atoms with Gasteiger partial charge in [-0.05, 0) is 30.3 Å². The van der Waals surface area contributed by atoms with Gasteiger partial charge in [0.1, 0.15) is 6.54 Å². The number of carbonyl (C=O) groups is 2. The number of nitro benzene ring substituents is 1. The van der Waals surface area contributed by atoms with Gasteiger partial charge in [0.25, 0.3) is 11.6 Å². The van der Waals surface area contributed by atoms with E-state index in [1.165, 1.54) is 54.1 Å². The number of non-ortho nitro benzene ring substituents is 1. The SMILES string of the molecule is COC(=O)Cn1c(=NC(=O)c2ccc(C#N)cc2)sc2ccc([N+](=O)[O-])cc21. The van der Waals surface area contributed by atoms with Gasteiger partial charge in [0, 0.05) is 17.7 Å². The van der Waals surface area contributed by atoms with E-state index < -0.39 is 16.8 Å². The second-order valence-electron chi connectivity index (χ2n) is 5.56. The Balaban J connectivity index is 2.14. The minimum absolute atomic E-state index is 0.145. The Morgan fingerprint density at radius 2 is 2.00 bits per heavy atom. The molecule has 10 heteroatoms. The predicted molar refractivity (Wildman–Crippen MR) is 99.5 cm³/mol. The zero-order valence-electron chi connectivity index (χ0n) is 14.5. The summed E-state index contributed by atoms with van der Waals surface area (Å²) in [5.74, 6) is -1.15. The standard InChI is InChI=1S/C18H12N4O5S/c1-27-16(23)10-21-14-8-13(22(25)26)6-7-15(14)28-18(21)20-17(24)12-4-2-11(9-19)3-5-12/h2-8H,10H2,1H3. The molecule has 1 aromatic heterocycles. The van der Waals surface area contributed by atoms with E-state index in [-0.39, 0.29) is 22.6 Å². The number of thiazole rings is 1. The van der Waals surface area contributed by atoms with Crippen LogP contribution in [0.1, 0.15) is 15.9 Å². The predicted octanol–water partition coefficient (Wildman–Crippen LogP) is 2.40. The molecule has 0 fully saturated rings. The van der Waals surface area contributed by atoms with Gasteiger partial charge < -0.3 is 9.30 Å². The van der Waals surface area contributed by atoms with Crippen LogP contribution in [0, 0.1) is 21.4 Å². The minimum atomic E-state index is -0.585. The lowest BCUT2D eigenvalue weighted by atomic mass is 10.1. The Kier molecular flexibility index (Phi) is 5.28. The van der Waals surface area contributed by atoms with Crippen LogP contribution in [0.5, 0.6) is 0 Å². The molecular formula is C18H12N4O5S. The van der Waals surface area contributed by atoms with Crippen LogP contribution in [0.25, 0.3) is 10.2 Å². The third-order valence-electron chi connectivity index (χ3n) is 3.85. The maximum Gasteiger partial charge on any atom is 0.325 e. The first-order valence-corrected chi connectivity index (χ1v) is 8.68. The Morgan fingerprint density at radius 3 is 2.61 bits per heavy atom. The van der Waals surface area contributed by atoms with E-state index in [1.54, 1.807) is 0 Å². The second kappa shape index (κ2) is 7.81. The van der Waals surface area contributed by atoms with Crippen molar-refractivity contribution in [1.29, 1.82) is 5.26 Å². The lowest BCUT2D eigenvalue weighted by molar-refractivity contribution is -0.384. The molecule has 0 bridgehead atoms. The molecule has 0 aliphatic heterocycles. The fraction of sp³-hybridized carbons (Fsp3) is 0.111. The van der Waals surface area contributed by atoms with E-state index in [0.29, 0.717) is 15.8 Å². The summed E-state index contributed by atoms with van der Waals surface area (Å²) in [6.07, 6.45) is 0. The van der Waals surface area contributed by atoms with Crippen molar-refractivity contribution in [2.45, 2.75) is 6.54 Å². The lowest BCUT2D eigenvalue weighted by Crippen LogP contribution is -2.22. The first kappa shape index (κ1) is 18.9. The fourth-order valence-corrected chi connectivity index (χ4v) is 3.45. The zero-order chi connectivity index (χ0) is 20.3. The maximum absolute atomic E-state index is 12.5. The van der Waals surface area contributed by atoms with E-state index in [2.05, 4.69) is 9.73 Å². The third kappa shape index (κ3) is 3.79. The molecule has 2 aromatic carbocycles. The van der Waals surface area contributed by atoms with Gasteiger partial charge in [-0.15, -0.1) is 0 Å². The maximum atomic E-state index is 12.5. The molecule has 1 heterocycles. The molecule has 0 spiro atoms. The van der Waals surface area contributed by atoms with Crippen LogP contribution in [0.3, 0.4) is 0 Å². The Morgan fingerprint density at radius 1 is 1.29 bits per heavy atom. The van der Waals surface area contributed by atoms with Crippen molar-refractivity contribution in [2.24, 2.45) is 4.99 Å². The van der Waals surface area contributed by atoms with Crippen molar-refractivity contribution in [3.63, 3.8) is 0 Å². The summed E-state index contributed by atoms with van der Waals surface area (Å²) in [5.41, 5.74) is 0.934. The van der Waals surface area contributed by atoms with Gasteiger partial charge in [0.2, 0.25) is 0 Å². The molecule has 0 N–H and O–H groups in total. The number of ether oxygens (including phenoxy) is 1. The molecule has 3 rings (SSSR count). The van der Waals surface area contributed by atoms with Gasteiger partial charge in [0.15, 0.2) is 4.80 Å². The summed E-state index contributed by atoms with van der Waals surface area (Å²) in [6.45, 7) is -0.253. The normalized spacial score (nSPS) is 11.2. The van der Waals surface area contributed by atoms with E-state index in [1.807, 2.05) is 6.07 Å². The number of rotatable bonds is 4. The number of methoxy groups -OCH3 is 1. The van der Waals surface area contributed by atoms with Gasteiger partial charge in [-0.3, -0.25) is 19.7 Å². The molecule has 0 radical (unpaired) electrons. The lowest BCUT2D eigenvalue weighted by Gasteiger charge is -2.03. The van der Waals surface area contributed by atoms with Crippen molar-refractivity contribution >= 4 is 39.1 Å². The molecule has 3 aromatic rings. The Hall–Kier alpha value is -3.84. The summed E-state index contributed by atoms with van der Waals surface area (Å²) >= 11 is 1.12. The highest BCUT2D eigenvalue weighted by molar-refractivity contribution is 7.16. The van der Waals surface area contributed by atoms with Crippen LogP contribution in [0.4, 0.5) is 5.69 Å². The molecule has 28 heavy (non-hydrogen) atoms. The summed E-state index contributed by atoms with van der Waals surface area (Å²) in [7, 11) is 1.22. The van der Waals surface area contributed by atoms with E-state index in [9.17, 15) is 19.7 Å². The molecule has 0 saturated carbocycles. The highest BCUT2D eigenvalue weighted by Gasteiger charge is 2.15. The number of hydrogen-bond donors (Lipinski definition) is 0. The summed E-state index contributed by atoms with van der Waals surface area (Å²) in [5, 5.41) is 19.9. The topological polar surface area (TPSA) is 128 Å². The number of carbonyl (C=O) groups excluding carboxylic acids is 2. The second-order valence-corrected chi connectivity index (χ2v) is 6.57. The van der Waals surface area contributed by atoms with E-state index in [4.69, 9.17) is 5.26 Å². The number of benzene rings is 2. The molecule has 0 atom stereocenters. The minimum Gasteiger partial charge on any atom is -0.468 e. The van der Waals surface area contributed by atoms with Crippen molar-refractivity contribution in [3.05, 3.63) is 68.5 Å². The average molecular weight is 396 g/mol. The summed E-state index contributed by atoms with van der Waals surface area (Å²) in [4.78, 5) is 39.1. The quantitative estimate of drug-likeness (QED) is 0.378. The van der Waals surface area contributed by atoms with Gasteiger partial charge in [-0.25, -0.2) is 0 Å². The zero-order valence-corrected chi connectivity index (χ0v) is 15.3. The molecule has 0 aliphatic rings. The molecular weight excluding hydrogens is 384 g/mol. The Bertz CT molecular complexity index is 1200. The van der Waals surface area contributed by atoms with Crippen LogP contribution < -0.4 is 4.80 Å². The summed E-state index contributed by atoms with van der Waals surface area (Å²) in [6, 6.07) is 12.1. The largest absolute Gasteiger partial charge is 0.468 e. The fourth-order valence-electron chi connectivity index (χ4n) is 2.44. The van der Waals surface area contributed by atoms with E-state index in [0.717, 1.165) is 11.3 Å². The Labute approximate surface area is 161 Å². The van der Waals surface area contributed by atoms with Gasteiger partial charge in [-0.2, -0.15) is 10.3 Å². The first-order valence-electron chi connectivity index (χ1n) is 7.86. The van der Waals surface area contributed by atoms with Crippen LogP contribution in [0.15, 0.2) is 47.5 Å². The van der Waals surface area contributed by atoms with Crippen LogP contribution in [-0.4, -0.2) is 28.5 Å². The molecule has 0 saturated heterocycles. The number of esters is 1. The van der Waals surface area contributed by atoms with Crippen molar-refractivity contribution < 1.29 is 19.2 Å². The van der Waals surface area contributed by atoms with Crippen LogP contribution >= 0.6 is 11.3 Å². The van der Waals surface area contributed by atoms with E-state index >= 15 is 0 Å². The van der Waals surface area contributed by atoms with Crippen LogP contribution in [-0.2, 0) is 16.1 Å². The highest BCUT2D eigenvalue weighted by Crippen LogP contribution is 2.23. The molecule has 0 aliphatic carbocycles. The number of aromatic nitrogens is 1. The van der Waals surface area contributed by atoms with Crippen molar-refractivity contribution in [3.8, 4) is 6.07 Å². The van der Waals surface area contributed by atoms with Crippen LogP contribution in [0.2, 0.25) is 0 Å². The monoisotopic (exact) mass is 396 g/mol. The molecule has 9 nitrogen and oxygen atoms in total. The summed E-state index contributed by atoms with van der Waals surface area (Å²) < 4.78 is 6.70. The molecule has 0 unspecified atom stereocenters. The number of nitro groups is 1. The van der Waals surface area contributed by atoms with Crippen molar-refractivity contribution in [2.75, 3.05) is 7.11 Å². The van der Waals surface area contributed by atoms with Gasteiger partial charge in [-0.1, -0.05) is 11.3 Å². The first-order chi connectivity index (χ1) is 13.4. The number of fused-ring (bicyclic) bond motifs is 1. The highest BCUT2D eigenvalue weighted by atomic mass is 32.1. The van der Waals surface area contributed by atoms with Crippen molar-refractivity contribution in [1.82, 2.24) is 4.57 Å². The number of hydrogen-bond acceptors (Lipinski definition) is 7. The molecule has 1 amide bonds. The van der Waals surface area contributed by atoms with Gasteiger partial charge >= 0.3 is 5.97 Å². The number of nitrogens with zero attached hydrogens (tertiary/aromatic N) is 4. The molecule has 140 valence electrons. The number of nitriles is 1.